The third-order valence-corrected chi connectivity index (χ3v) is 1.77. The number of nitriles is 2. The van der Waals surface area contributed by atoms with Gasteiger partial charge in [0.05, 0.1) is 5.08 Å². The summed E-state index contributed by atoms with van der Waals surface area (Å²) in [5.74, 6) is 0. The molecule has 0 aliphatic carbocycles. The van der Waals surface area contributed by atoms with Gasteiger partial charge in [0.2, 0.25) is 0 Å². The van der Waals surface area contributed by atoms with Gasteiger partial charge in [-0.25, -0.2) is 0 Å². The SMILES string of the molecule is N#CSCSC#N.[N-]=C=NC(=S)[S-].[Na+].[Na+]. The summed E-state index contributed by atoms with van der Waals surface area (Å²) in [5.41, 5.74) is 0. The molecule has 0 aromatic heterocycles. The molecule has 0 fully saturated rings. The number of thiocarbonyl (C=S) groups is 1. The zero-order valence-corrected chi connectivity index (χ0v) is 15.4. The summed E-state index contributed by atoms with van der Waals surface area (Å²) in [7, 11) is 0. The molecule has 0 spiro atoms. The third-order valence-electron chi connectivity index (χ3n) is 0.388. The minimum absolute atomic E-state index is 0. The molecule has 15 heavy (non-hydrogen) atoms. The largest absolute Gasteiger partial charge is 1.00 e. The second kappa shape index (κ2) is 24.6. The van der Waals surface area contributed by atoms with Crippen molar-refractivity contribution in [3.05, 3.63) is 5.41 Å². The summed E-state index contributed by atoms with van der Waals surface area (Å²) in [4.78, 5) is 2.98. The fraction of sp³-hybridized carbons (Fsp3) is 0.200. The van der Waals surface area contributed by atoms with Crippen molar-refractivity contribution >= 4 is 58.7 Å². The minimum atomic E-state index is -0.0301. The summed E-state index contributed by atoms with van der Waals surface area (Å²) < 4.78 is -0.0301. The summed E-state index contributed by atoms with van der Waals surface area (Å²) >= 11 is 10.6. The summed E-state index contributed by atoms with van der Waals surface area (Å²) in [6.07, 6.45) is 0. The fourth-order valence-corrected chi connectivity index (χ4v) is 0.862. The van der Waals surface area contributed by atoms with Gasteiger partial charge in [0, 0.05) is 0 Å². The molecule has 0 saturated heterocycles. The molecule has 4 nitrogen and oxygen atoms in total. The number of thiocyanates is 2. The second-order valence-corrected chi connectivity index (χ2v) is 3.98. The van der Waals surface area contributed by atoms with Gasteiger partial charge in [0.15, 0.2) is 0 Å². The van der Waals surface area contributed by atoms with Gasteiger partial charge in [-0.05, 0) is 23.5 Å². The van der Waals surface area contributed by atoms with Crippen molar-refractivity contribution in [2.24, 2.45) is 4.99 Å². The van der Waals surface area contributed by atoms with Gasteiger partial charge in [-0.3, -0.25) is 0 Å². The molecule has 0 amide bonds. The first-order chi connectivity index (χ1) is 6.18. The van der Waals surface area contributed by atoms with E-state index in [-0.39, 0.29) is 63.4 Å². The molecule has 0 aromatic rings. The predicted octanol–water partition coefficient (Wildman–Crippen LogP) is -4.06. The molecule has 0 heterocycles. The number of hydrogen-bond acceptors (Lipinski definition) is 6. The van der Waals surface area contributed by atoms with Gasteiger partial charge < -0.3 is 35.2 Å². The Morgan fingerprint density at radius 1 is 1.33 bits per heavy atom. The van der Waals surface area contributed by atoms with E-state index in [0.717, 1.165) is 23.5 Å². The van der Waals surface area contributed by atoms with Crippen molar-refractivity contribution in [1.82, 2.24) is 0 Å². The molecule has 0 aromatic carbocycles. The zero-order valence-electron chi connectivity index (χ0n) is 8.13. The van der Waals surface area contributed by atoms with Crippen LogP contribution in [0.4, 0.5) is 0 Å². The van der Waals surface area contributed by atoms with Crippen LogP contribution in [0, 0.1) is 21.3 Å². The maximum Gasteiger partial charge on any atom is 1.00 e. The Kier molecular flexibility index (Phi) is 41.4. The Morgan fingerprint density at radius 2 is 1.73 bits per heavy atom. The number of nitrogens with zero attached hydrogens (tertiary/aromatic N) is 4. The first-order valence-corrected chi connectivity index (χ1v) is 5.30. The zero-order chi connectivity index (χ0) is 10.5. The maximum absolute atomic E-state index is 7.88. The molecule has 0 unspecified atom stereocenters. The smallest absolute Gasteiger partial charge is 0.433 e. The average molecular weight is 292 g/mol. The average Bonchev–Trinajstić information content (AvgIpc) is 2.06. The van der Waals surface area contributed by atoms with E-state index in [9.17, 15) is 0 Å². The number of aliphatic imine (C=N–C) groups is 1. The minimum Gasteiger partial charge on any atom is -0.433 e. The number of thioether (sulfide) groups is 2. The number of hydrogen-bond donors (Lipinski definition) is 0. The predicted molar refractivity (Wildman–Crippen MR) is 62.0 cm³/mol. The molecule has 10 heteroatoms. The molecule has 68 valence electrons. The van der Waals surface area contributed by atoms with Gasteiger partial charge in [-0.15, -0.1) is 4.32 Å². The maximum atomic E-state index is 7.88. The summed E-state index contributed by atoms with van der Waals surface area (Å²) in [5, 5.41) is 27.7. The Hall–Kier alpha value is 1.37. The molecule has 0 aliphatic heterocycles. The van der Waals surface area contributed by atoms with Crippen LogP contribution in [-0.2, 0) is 12.6 Å². The topological polar surface area (TPSA) is 82.2 Å². The molecule has 0 rings (SSSR count). The van der Waals surface area contributed by atoms with Crippen LogP contribution in [0.25, 0.3) is 5.41 Å². The van der Waals surface area contributed by atoms with Crippen LogP contribution in [0.5, 0.6) is 0 Å². The Labute approximate surface area is 152 Å². The standard InChI is InChI=1S/C3H2N2S2.C2HN2S2.2Na/c4-1-6-3-7-2-5;3-1-4-2(5)6;;/h3H2;(H,5,6);;/q;-1;2*+1/p-1. The Balaban J connectivity index is -0.0000000718. The quantitative estimate of drug-likeness (QED) is 0.0980. The second-order valence-electron chi connectivity index (χ2n) is 1.07. The van der Waals surface area contributed by atoms with Gasteiger partial charge in [0.25, 0.3) is 0 Å². The van der Waals surface area contributed by atoms with Gasteiger partial charge in [-0.2, -0.15) is 16.5 Å². The molecular weight excluding hydrogens is 290 g/mol. The van der Waals surface area contributed by atoms with Crippen LogP contribution >= 0.6 is 35.7 Å². The molecule has 0 aliphatic rings. The van der Waals surface area contributed by atoms with E-state index >= 15 is 0 Å². The van der Waals surface area contributed by atoms with Crippen molar-refractivity contribution in [2.75, 3.05) is 5.08 Å². The normalized spacial score (nSPS) is 5.47. The van der Waals surface area contributed by atoms with E-state index < -0.39 is 0 Å². The van der Waals surface area contributed by atoms with Crippen molar-refractivity contribution in [1.29, 1.82) is 10.5 Å². The molecule has 0 N–H and O–H groups in total. The molecule has 0 bridgehead atoms. The van der Waals surface area contributed by atoms with Crippen LogP contribution < -0.4 is 59.1 Å². The van der Waals surface area contributed by atoms with E-state index in [2.05, 4.69) is 29.8 Å². The summed E-state index contributed by atoms with van der Waals surface area (Å²) in [6, 6.07) is 1.45. The van der Waals surface area contributed by atoms with Gasteiger partial charge >= 0.3 is 59.1 Å². The molecule has 0 radical (unpaired) electrons. The summed E-state index contributed by atoms with van der Waals surface area (Å²) in [6.45, 7) is 0. The fourth-order valence-electron chi connectivity index (χ4n) is 0.123. The van der Waals surface area contributed by atoms with Crippen molar-refractivity contribution in [3.63, 3.8) is 0 Å². The van der Waals surface area contributed by atoms with E-state index in [4.69, 9.17) is 15.9 Å². The van der Waals surface area contributed by atoms with E-state index in [0.29, 0.717) is 5.08 Å². The van der Waals surface area contributed by atoms with Crippen LogP contribution in [0.2, 0.25) is 0 Å². The van der Waals surface area contributed by atoms with Crippen LogP contribution in [0.1, 0.15) is 0 Å². The number of rotatable bonds is 2. The monoisotopic (exact) mass is 292 g/mol. The van der Waals surface area contributed by atoms with Crippen molar-refractivity contribution < 1.29 is 59.1 Å². The van der Waals surface area contributed by atoms with E-state index in [1.54, 1.807) is 0 Å². The molecular formula is C5H2N4Na2S4. The van der Waals surface area contributed by atoms with Crippen LogP contribution in [-0.4, -0.2) is 15.4 Å². The van der Waals surface area contributed by atoms with Gasteiger partial charge in [0.1, 0.15) is 10.8 Å². The molecule has 0 atom stereocenters. The van der Waals surface area contributed by atoms with Crippen molar-refractivity contribution in [3.8, 4) is 10.8 Å². The Morgan fingerprint density at radius 3 is 1.87 bits per heavy atom. The third kappa shape index (κ3) is 39.2. The van der Waals surface area contributed by atoms with Crippen molar-refractivity contribution in [2.45, 2.75) is 0 Å². The van der Waals surface area contributed by atoms with E-state index in [1.165, 1.54) is 6.01 Å². The van der Waals surface area contributed by atoms with Gasteiger partial charge in [-0.1, -0.05) is 0 Å². The first-order valence-electron chi connectivity index (χ1n) is 2.51. The van der Waals surface area contributed by atoms with Crippen LogP contribution in [0.3, 0.4) is 0 Å². The van der Waals surface area contributed by atoms with Crippen LogP contribution in [0.15, 0.2) is 4.99 Å². The first kappa shape index (κ1) is 25.3. The Bertz CT molecular complexity index is 264. The molecule has 0 saturated carbocycles. The van der Waals surface area contributed by atoms with E-state index in [1.807, 2.05) is 10.8 Å².